The first-order valence-electron chi connectivity index (χ1n) is 9.02. The van der Waals surface area contributed by atoms with Crippen LogP contribution in [-0.4, -0.2) is 9.55 Å². The van der Waals surface area contributed by atoms with Crippen LogP contribution in [0.15, 0.2) is 77.6 Å². The fraction of sp³-hybridized carbons (Fsp3) is 0.130. The molecule has 0 amide bonds. The number of rotatable bonds is 5. The Morgan fingerprint density at radius 1 is 0.964 bits per heavy atom. The van der Waals surface area contributed by atoms with Crippen LogP contribution >= 0.6 is 11.6 Å². The summed E-state index contributed by atoms with van der Waals surface area (Å²) in [6.45, 7) is 2.25. The van der Waals surface area contributed by atoms with Gasteiger partial charge in [-0.25, -0.2) is 4.98 Å². The Morgan fingerprint density at radius 3 is 2.50 bits per heavy atom. The first-order chi connectivity index (χ1) is 13.7. The third kappa shape index (κ3) is 3.39. The van der Waals surface area contributed by atoms with Crippen molar-refractivity contribution >= 4 is 22.5 Å². The van der Waals surface area contributed by atoms with E-state index in [2.05, 4.69) is 4.98 Å². The Hall–Kier alpha value is -3.11. The molecule has 0 radical (unpaired) electrons. The summed E-state index contributed by atoms with van der Waals surface area (Å²) < 4.78 is 7.51. The predicted octanol–water partition coefficient (Wildman–Crippen LogP) is 5.01. The number of hydrogen-bond donors (Lipinski definition) is 0. The lowest BCUT2D eigenvalue weighted by atomic mass is 10.1. The SMILES string of the molecule is Cc1cccc2nc(CCl)n(-c3ccccc3COc3ccccc3)c(=O)c12. The Morgan fingerprint density at radius 2 is 1.71 bits per heavy atom. The zero-order valence-corrected chi connectivity index (χ0v) is 16.2. The van der Waals surface area contributed by atoms with E-state index in [9.17, 15) is 4.79 Å². The Bertz CT molecular complexity index is 1190. The van der Waals surface area contributed by atoms with Crippen molar-refractivity contribution in [3.63, 3.8) is 0 Å². The highest BCUT2D eigenvalue weighted by Crippen LogP contribution is 2.21. The van der Waals surface area contributed by atoms with Crippen LogP contribution in [0.5, 0.6) is 5.75 Å². The van der Waals surface area contributed by atoms with Crippen LogP contribution in [0.25, 0.3) is 16.6 Å². The van der Waals surface area contributed by atoms with Gasteiger partial charge in [-0.3, -0.25) is 9.36 Å². The van der Waals surface area contributed by atoms with Gasteiger partial charge >= 0.3 is 0 Å². The van der Waals surface area contributed by atoms with Crippen LogP contribution in [0.2, 0.25) is 0 Å². The highest BCUT2D eigenvalue weighted by molar-refractivity contribution is 6.16. The molecule has 0 atom stereocenters. The van der Waals surface area contributed by atoms with Gasteiger partial charge in [-0.2, -0.15) is 0 Å². The van der Waals surface area contributed by atoms with Gasteiger partial charge < -0.3 is 4.74 Å². The van der Waals surface area contributed by atoms with Crippen LogP contribution < -0.4 is 10.3 Å². The summed E-state index contributed by atoms with van der Waals surface area (Å²) in [5, 5.41) is 0.607. The Balaban J connectivity index is 1.85. The average molecular weight is 391 g/mol. The number of ether oxygens (including phenoxy) is 1. The quantitative estimate of drug-likeness (QED) is 0.450. The van der Waals surface area contributed by atoms with Crippen molar-refractivity contribution in [3.8, 4) is 11.4 Å². The number of para-hydroxylation sites is 2. The monoisotopic (exact) mass is 390 g/mol. The third-order valence-corrected chi connectivity index (χ3v) is 4.90. The van der Waals surface area contributed by atoms with Crippen molar-refractivity contribution in [2.75, 3.05) is 0 Å². The minimum Gasteiger partial charge on any atom is -0.489 e. The van der Waals surface area contributed by atoms with Gasteiger partial charge in [0.25, 0.3) is 5.56 Å². The summed E-state index contributed by atoms with van der Waals surface area (Å²) in [7, 11) is 0. The lowest BCUT2D eigenvalue weighted by Gasteiger charge is -2.17. The van der Waals surface area contributed by atoms with Crippen LogP contribution in [0.1, 0.15) is 17.0 Å². The molecule has 140 valence electrons. The number of aryl methyl sites for hydroxylation is 1. The maximum atomic E-state index is 13.4. The molecule has 0 saturated heterocycles. The lowest BCUT2D eigenvalue weighted by molar-refractivity contribution is 0.306. The van der Waals surface area contributed by atoms with Gasteiger partial charge in [-0.15, -0.1) is 11.6 Å². The lowest BCUT2D eigenvalue weighted by Crippen LogP contribution is -2.25. The summed E-state index contributed by atoms with van der Waals surface area (Å²) in [6.07, 6.45) is 0. The van der Waals surface area contributed by atoms with Gasteiger partial charge in [0.1, 0.15) is 18.2 Å². The average Bonchev–Trinajstić information content (AvgIpc) is 2.73. The first kappa shape index (κ1) is 18.3. The molecule has 0 spiro atoms. The summed E-state index contributed by atoms with van der Waals surface area (Å²) in [5.41, 5.74) is 3.05. The third-order valence-electron chi connectivity index (χ3n) is 4.66. The molecular weight excluding hydrogens is 372 g/mol. The van der Waals surface area contributed by atoms with E-state index in [4.69, 9.17) is 16.3 Å². The first-order valence-corrected chi connectivity index (χ1v) is 9.56. The van der Waals surface area contributed by atoms with Crippen molar-refractivity contribution < 1.29 is 4.74 Å². The number of alkyl halides is 1. The molecule has 0 N–H and O–H groups in total. The minimum absolute atomic E-state index is 0.120. The zero-order chi connectivity index (χ0) is 19.5. The summed E-state index contributed by atoms with van der Waals surface area (Å²) in [5.74, 6) is 1.42. The highest BCUT2D eigenvalue weighted by atomic mass is 35.5. The highest BCUT2D eigenvalue weighted by Gasteiger charge is 2.16. The smallest absolute Gasteiger partial charge is 0.266 e. The standard InChI is InChI=1S/C23H19ClN2O2/c1-16-8-7-12-19-22(16)23(27)26(21(14-24)25-19)20-13-6-5-9-17(20)15-28-18-10-3-2-4-11-18/h2-13H,14-15H2,1H3. The van der Waals surface area contributed by atoms with E-state index in [0.717, 1.165) is 22.6 Å². The number of benzene rings is 3. The van der Waals surface area contributed by atoms with Crippen LogP contribution in [-0.2, 0) is 12.5 Å². The van der Waals surface area contributed by atoms with E-state index in [1.807, 2.05) is 79.7 Å². The Kier molecular flexibility index (Phi) is 5.13. The largest absolute Gasteiger partial charge is 0.489 e. The van der Waals surface area contributed by atoms with Gasteiger partial charge in [-0.05, 0) is 36.8 Å². The van der Waals surface area contributed by atoms with E-state index in [0.29, 0.717) is 23.3 Å². The molecule has 0 aliphatic carbocycles. The Labute approximate surface area is 168 Å². The summed E-state index contributed by atoms with van der Waals surface area (Å²) in [4.78, 5) is 18.0. The fourth-order valence-corrected chi connectivity index (χ4v) is 3.49. The van der Waals surface area contributed by atoms with E-state index in [1.165, 1.54) is 0 Å². The number of fused-ring (bicyclic) bond motifs is 1. The molecule has 4 nitrogen and oxygen atoms in total. The van der Waals surface area contributed by atoms with E-state index in [-0.39, 0.29) is 11.4 Å². The molecule has 1 aromatic heterocycles. The van der Waals surface area contributed by atoms with Crippen molar-refractivity contribution in [2.24, 2.45) is 0 Å². The van der Waals surface area contributed by atoms with Crippen LogP contribution in [0.4, 0.5) is 0 Å². The number of hydrogen-bond acceptors (Lipinski definition) is 3. The van der Waals surface area contributed by atoms with Crippen molar-refractivity contribution in [3.05, 3.63) is 100 Å². The zero-order valence-electron chi connectivity index (χ0n) is 15.4. The number of nitrogens with zero attached hydrogens (tertiary/aromatic N) is 2. The molecule has 5 heteroatoms. The van der Waals surface area contributed by atoms with Gasteiger partial charge in [0.05, 0.1) is 22.5 Å². The molecule has 0 aliphatic rings. The molecular formula is C23H19ClN2O2. The van der Waals surface area contributed by atoms with Crippen molar-refractivity contribution in [1.82, 2.24) is 9.55 Å². The molecule has 0 aliphatic heterocycles. The maximum absolute atomic E-state index is 13.4. The second-order valence-electron chi connectivity index (χ2n) is 6.50. The number of aromatic nitrogens is 2. The summed E-state index contributed by atoms with van der Waals surface area (Å²) in [6, 6.07) is 22.9. The van der Waals surface area contributed by atoms with Crippen molar-refractivity contribution in [2.45, 2.75) is 19.4 Å². The second-order valence-corrected chi connectivity index (χ2v) is 6.77. The van der Waals surface area contributed by atoms with Gasteiger partial charge in [0.2, 0.25) is 0 Å². The van der Waals surface area contributed by atoms with E-state index < -0.39 is 0 Å². The second kappa shape index (κ2) is 7.87. The fourth-order valence-electron chi connectivity index (χ4n) is 3.31. The number of halogens is 1. The van der Waals surface area contributed by atoms with Gasteiger partial charge in [0.15, 0.2) is 0 Å². The topological polar surface area (TPSA) is 44.1 Å². The minimum atomic E-state index is -0.120. The molecule has 4 aromatic rings. The predicted molar refractivity (Wildman–Crippen MR) is 112 cm³/mol. The van der Waals surface area contributed by atoms with Crippen LogP contribution in [0.3, 0.4) is 0 Å². The van der Waals surface area contributed by atoms with Crippen molar-refractivity contribution in [1.29, 1.82) is 0 Å². The van der Waals surface area contributed by atoms with Gasteiger partial charge in [0, 0.05) is 5.56 Å². The van der Waals surface area contributed by atoms with E-state index in [1.54, 1.807) is 4.57 Å². The normalized spacial score (nSPS) is 10.9. The molecule has 0 bridgehead atoms. The molecule has 4 rings (SSSR count). The van der Waals surface area contributed by atoms with Gasteiger partial charge in [-0.1, -0.05) is 48.5 Å². The summed E-state index contributed by atoms with van der Waals surface area (Å²) >= 11 is 6.17. The molecule has 28 heavy (non-hydrogen) atoms. The maximum Gasteiger partial charge on any atom is 0.266 e. The molecule has 0 saturated carbocycles. The van der Waals surface area contributed by atoms with E-state index >= 15 is 0 Å². The molecule has 0 unspecified atom stereocenters. The molecule has 1 heterocycles. The van der Waals surface area contributed by atoms with Crippen LogP contribution in [0, 0.1) is 6.92 Å². The molecule has 3 aromatic carbocycles. The molecule has 0 fully saturated rings.